The molecule has 0 radical (unpaired) electrons. The topological polar surface area (TPSA) is 98.7 Å². The summed E-state index contributed by atoms with van der Waals surface area (Å²) in [6, 6.07) is 2.57. The summed E-state index contributed by atoms with van der Waals surface area (Å²) in [6.45, 7) is 7.91. The Morgan fingerprint density at radius 1 is 1.32 bits per heavy atom. The van der Waals surface area contributed by atoms with Gasteiger partial charge in [-0.15, -0.1) is 21.5 Å². The van der Waals surface area contributed by atoms with Crippen LogP contribution in [0.5, 0.6) is 0 Å². The lowest BCUT2D eigenvalue weighted by Gasteiger charge is -2.17. The molecule has 1 aromatic carbocycles. The summed E-state index contributed by atoms with van der Waals surface area (Å²) in [4.78, 5) is 17.0. The molecule has 10 heteroatoms. The van der Waals surface area contributed by atoms with Crippen LogP contribution >= 0.6 is 23.1 Å². The second-order valence-electron chi connectivity index (χ2n) is 7.34. The van der Waals surface area contributed by atoms with Gasteiger partial charge in [0.25, 0.3) is 5.91 Å². The van der Waals surface area contributed by atoms with Crippen molar-refractivity contribution in [3.8, 4) is 0 Å². The molecule has 2 heterocycles. The van der Waals surface area contributed by atoms with Crippen LogP contribution in [0.2, 0.25) is 0 Å². The van der Waals surface area contributed by atoms with Crippen molar-refractivity contribution in [2.75, 3.05) is 11.1 Å². The number of hydrogen-bond donors (Lipinski definition) is 2. The molecule has 0 aliphatic carbocycles. The van der Waals surface area contributed by atoms with E-state index in [1.165, 1.54) is 17.4 Å². The average molecular weight is 421 g/mol. The SMILES string of the molecule is Cc1csc(NC(=O)c2cc(Sc3nnc(C(C)(C)C)n3C)c(F)cc2N)n1. The summed E-state index contributed by atoms with van der Waals surface area (Å²) in [7, 11) is 1.83. The van der Waals surface area contributed by atoms with Gasteiger partial charge in [-0.2, -0.15) is 0 Å². The van der Waals surface area contributed by atoms with E-state index in [2.05, 4.69) is 20.5 Å². The van der Waals surface area contributed by atoms with E-state index < -0.39 is 11.7 Å². The van der Waals surface area contributed by atoms with Crippen LogP contribution in [-0.4, -0.2) is 25.7 Å². The Morgan fingerprint density at radius 2 is 2.04 bits per heavy atom. The van der Waals surface area contributed by atoms with Crippen LogP contribution in [-0.2, 0) is 12.5 Å². The largest absolute Gasteiger partial charge is 0.398 e. The Kier molecular flexibility index (Phi) is 5.44. The van der Waals surface area contributed by atoms with Crippen molar-refractivity contribution < 1.29 is 9.18 Å². The molecule has 0 bridgehead atoms. The lowest BCUT2D eigenvalue weighted by Crippen LogP contribution is -2.17. The smallest absolute Gasteiger partial charge is 0.259 e. The highest BCUT2D eigenvalue weighted by Crippen LogP contribution is 2.33. The Bertz CT molecular complexity index is 1040. The summed E-state index contributed by atoms with van der Waals surface area (Å²) >= 11 is 2.40. The highest BCUT2D eigenvalue weighted by molar-refractivity contribution is 7.99. The Morgan fingerprint density at radius 3 is 2.61 bits per heavy atom. The fourth-order valence-electron chi connectivity index (χ4n) is 2.57. The van der Waals surface area contributed by atoms with Crippen LogP contribution in [0.15, 0.2) is 27.6 Å². The molecule has 0 aliphatic rings. The number of thiazole rings is 1. The van der Waals surface area contributed by atoms with Gasteiger partial charge < -0.3 is 10.3 Å². The fourth-order valence-corrected chi connectivity index (χ4v) is 4.09. The number of nitrogens with two attached hydrogens (primary N) is 1. The number of carbonyl (C=O) groups excluding carboxylic acids is 1. The molecule has 0 spiro atoms. The maximum absolute atomic E-state index is 14.5. The van der Waals surface area contributed by atoms with Gasteiger partial charge in [-0.3, -0.25) is 10.1 Å². The minimum absolute atomic E-state index is 0.0565. The number of aryl methyl sites for hydroxylation is 1. The average Bonchev–Trinajstić information content (AvgIpc) is 3.15. The first-order valence-corrected chi connectivity index (χ1v) is 10.2. The molecule has 3 aromatic rings. The van der Waals surface area contributed by atoms with Crippen molar-refractivity contribution in [1.29, 1.82) is 0 Å². The van der Waals surface area contributed by atoms with Gasteiger partial charge in [-0.1, -0.05) is 20.8 Å². The maximum Gasteiger partial charge on any atom is 0.259 e. The minimum atomic E-state index is -0.524. The first kappa shape index (κ1) is 20.3. The number of benzene rings is 1. The van der Waals surface area contributed by atoms with Gasteiger partial charge in [-0.05, 0) is 30.8 Å². The van der Waals surface area contributed by atoms with Crippen LogP contribution in [0.3, 0.4) is 0 Å². The van der Waals surface area contributed by atoms with Gasteiger partial charge in [0.05, 0.1) is 16.2 Å². The number of carbonyl (C=O) groups is 1. The number of nitrogens with zero attached hydrogens (tertiary/aromatic N) is 4. The zero-order chi connectivity index (χ0) is 20.6. The van der Waals surface area contributed by atoms with E-state index in [-0.39, 0.29) is 21.6 Å². The molecule has 2 aromatic heterocycles. The summed E-state index contributed by atoms with van der Waals surface area (Å²) in [5, 5.41) is 13.9. The molecule has 0 saturated heterocycles. The summed E-state index contributed by atoms with van der Waals surface area (Å²) in [5.74, 6) is -0.186. The normalized spacial score (nSPS) is 11.6. The van der Waals surface area contributed by atoms with Crippen LogP contribution in [0.1, 0.15) is 42.6 Å². The number of nitrogens with one attached hydrogen (secondary N) is 1. The van der Waals surface area contributed by atoms with Crippen molar-refractivity contribution in [1.82, 2.24) is 19.7 Å². The third kappa shape index (κ3) is 4.17. The zero-order valence-electron chi connectivity index (χ0n) is 16.2. The van der Waals surface area contributed by atoms with Crippen molar-refractivity contribution in [2.45, 2.75) is 43.2 Å². The monoisotopic (exact) mass is 420 g/mol. The van der Waals surface area contributed by atoms with E-state index in [0.29, 0.717) is 10.3 Å². The van der Waals surface area contributed by atoms with Crippen molar-refractivity contribution >= 4 is 39.8 Å². The van der Waals surface area contributed by atoms with Crippen molar-refractivity contribution in [3.05, 3.63) is 40.4 Å². The lowest BCUT2D eigenvalue weighted by atomic mass is 9.96. The quantitative estimate of drug-likeness (QED) is 0.619. The summed E-state index contributed by atoms with van der Waals surface area (Å²) in [5.41, 5.74) is 6.72. The summed E-state index contributed by atoms with van der Waals surface area (Å²) < 4.78 is 16.3. The Balaban J connectivity index is 1.90. The number of anilines is 2. The molecule has 3 rings (SSSR count). The number of hydrogen-bond acceptors (Lipinski definition) is 7. The first-order chi connectivity index (χ1) is 13.1. The van der Waals surface area contributed by atoms with Crippen LogP contribution < -0.4 is 11.1 Å². The van der Waals surface area contributed by atoms with Crippen molar-refractivity contribution in [3.63, 3.8) is 0 Å². The number of nitrogen functional groups attached to an aromatic ring is 1. The first-order valence-electron chi connectivity index (χ1n) is 8.46. The molecule has 3 N–H and O–H groups in total. The molecule has 148 valence electrons. The predicted octanol–water partition coefficient (Wildman–Crippen LogP) is 4.00. The summed E-state index contributed by atoms with van der Waals surface area (Å²) in [6.07, 6.45) is 0. The second-order valence-corrected chi connectivity index (χ2v) is 9.20. The molecular weight excluding hydrogens is 399 g/mol. The Labute approximate surface area is 170 Å². The molecule has 28 heavy (non-hydrogen) atoms. The number of rotatable bonds is 4. The van der Waals surface area contributed by atoms with Crippen LogP contribution in [0.4, 0.5) is 15.2 Å². The zero-order valence-corrected chi connectivity index (χ0v) is 17.8. The molecule has 0 aliphatic heterocycles. The minimum Gasteiger partial charge on any atom is -0.398 e. The fraction of sp³-hybridized carbons (Fsp3) is 0.333. The number of amides is 1. The third-order valence-electron chi connectivity index (χ3n) is 3.90. The van der Waals surface area contributed by atoms with E-state index >= 15 is 0 Å². The molecule has 0 fully saturated rings. The second kappa shape index (κ2) is 7.51. The highest BCUT2D eigenvalue weighted by atomic mass is 32.2. The van der Waals surface area contributed by atoms with Crippen LogP contribution in [0, 0.1) is 12.7 Å². The number of aromatic nitrogens is 4. The van der Waals surface area contributed by atoms with E-state index in [1.54, 1.807) is 0 Å². The highest BCUT2D eigenvalue weighted by Gasteiger charge is 2.23. The van der Waals surface area contributed by atoms with Gasteiger partial charge >= 0.3 is 0 Å². The van der Waals surface area contributed by atoms with Gasteiger partial charge in [0.15, 0.2) is 10.3 Å². The van der Waals surface area contributed by atoms with Crippen LogP contribution in [0.25, 0.3) is 0 Å². The Hall–Kier alpha value is -2.46. The molecule has 0 unspecified atom stereocenters. The molecule has 1 amide bonds. The lowest BCUT2D eigenvalue weighted by molar-refractivity contribution is 0.102. The number of halogens is 1. The van der Waals surface area contributed by atoms with Gasteiger partial charge in [0, 0.05) is 23.5 Å². The third-order valence-corrected chi connectivity index (χ3v) is 5.84. The predicted molar refractivity (Wildman–Crippen MR) is 109 cm³/mol. The van der Waals surface area contributed by atoms with E-state index in [0.717, 1.165) is 29.3 Å². The van der Waals surface area contributed by atoms with Gasteiger partial charge in [-0.25, -0.2) is 9.37 Å². The maximum atomic E-state index is 14.5. The van der Waals surface area contributed by atoms with E-state index in [4.69, 9.17) is 5.73 Å². The van der Waals surface area contributed by atoms with E-state index in [1.807, 2.05) is 44.7 Å². The van der Waals surface area contributed by atoms with Crippen molar-refractivity contribution in [2.24, 2.45) is 7.05 Å². The molecule has 7 nitrogen and oxygen atoms in total. The van der Waals surface area contributed by atoms with E-state index in [9.17, 15) is 9.18 Å². The van der Waals surface area contributed by atoms with Gasteiger partial charge in [0.1, 0.15) is 11.6 Å². The standard InChI is InChI=1S/C18H21FN6OS2/c1-9-8-27-16(21-9)22-14(26)10-6-13(11(19)7-12(10)20)28-17-24-23-15(25(17)5)18(2,3)4/h6-8H,20H2,1-5H3,(H,21,22,26). The molecule has 0 saturated carbocycles. The molecule has 0 atom stereocenters. The molecular formula is C18H21FN6OS2. The van der Waals surface area contributed by atoms with Gasteiger partial charge in [0.2, 0.25) is 0 Å².